The summed E-state index contributed by atoms with van der Waals surface area (Å²) in [5, 5.41) is 19.6. The van der Waals surface area contributed by atoms with Crippen molar-refractivity contribution in [1.29, 1.82) is 0 Å². The zero-order chi connectivity index (χ0) is 25.2. The number of phenols is 2. The smallest absolute Gasteiger partial charge is 0.162 e. The third kappa shape index (κ3) is 4.58. The van der Waals surface area contributed by atoms with E-state index >= 15 is 0 Å². The SMILES string of the molecule is Oc1ccc(C2=CC(c3ccccc3)=N/C2=N/c2[nH]c(-c3ccccc3)cc2-c2ccc(O)cc2)cc1. The number of benzene rings is 4. The maximum Gasteiger partial charge on any atom is 0.162 e. The van der Waals surface area contributed by atoms with Gasteiger partial charge in [-0.1, -0.05) is 84.9 Å². The number of aromatic hydroxyl groups is 2. The molecular weight excluding hydrogens is 458 g/mol. The molecule has 178 valence electrons. The molecule has 1 aliphatic rings. The van der Waals surface area contributed by atoms with Crippen LogP contribution in [0.5, 0.6) is 11.5 Å². The number of nitrogens with one attached hydrogen (secondary N) is 1. The van der Waals surface area contributed by atoms with Crippen LogP contribution in [0.2, 0.25) is 0 Å². The van der Waals surface area contributed by atoms with E-state index in [0.29, 0.717) is 11.7 Å². The van der Waals surface area contributed by atoms with Gasteiger partial charge in [-0.3, -0.25) is 0 Å². The van der Waals surface area contributed by atoms with Gasteiger partial charge in [0, 0.05) is 22.4 Å². The quantitative estimate of drug-likeness (QED) is 0.245. The summed E-state index contributed by atoms with van der Waals surface area (Å²) in [5.41, 5.74) is 7.41. The van der Waals surface area contributed by atoms with E-state index in [1.54, 1.807) is 24.3 Å². The highest BCUT2D eigenvalue weighted by Gasteiger charge is 2.21. The second-order valence-electron chi connectivity index (χ2n) is 8.76. The Bertz CT molecular complexity index is 1650. The Labute approximate surface area is 214 Å². The second-order valence-corrected chi connectivity index (χ2v) is 8.76. The van der Waals surface area contributed by atoms with Gasteiger partial charge in [-0.2, -0.15) is 0 Å². The molecule has 2 heterocycles. The first-order valence-electron chi connectivity index (χ1n) is 12.0. The molecule has 5 aromatic rings. The molecule has 3 N–H and O–H groups in total. The summed E-state index contributed by atoms with van der Waals surface area (Å²) in [5.74, 6) is 1.66. The molecule has 0 amide bonds. The van der Waals surface area contributed by atoms with E-state index in [4.69, 9.17) is 9.98 Å². The van der Waals surface area contributed by atoms with Gasteiger partial charge in [0.05, 0.1) is 5.71 Å². The first-order chi connectivity index (χ1) is 18.1. The van der Waals surface area contributed by atoms with Gasteiger partial charge in [0.2, 0.25) is 0 Å². The average Bonchev–Trinajstić information content (AvgIpc) is 3.56. The van der Waals surface area contributed by atoms with Gasteiger partial charge in [-0.25, -0.2) is 9.98 Å². The van der Waals surface area contributed by atoms with E-state index in [-0.39, 0.29) is 11.5 Å². The number of nitrogens with zero attached hydrogens (tertiary/aromatic N) is 2. The first kappa shape index (κ1) is 22.3. The minimum atomic E-state index is 0.205. The molecule has 0 saturated heterocycles. The van der Waals surface area contributed by atoms with Crippen molar-refractivity contribution in [2.24, 2.45) is 9.98 Å². The monoisotopic (exact) mass is 481 g/mol. The van der Waals surface area contributed by atoms with E-state index in [2.05, 4.69) is 11.1 Å². The van der Waals surface area contributed by atoms with E-state index in [9.17, 15) is 10.2 Å². The molecule has 0 atom stereocenters. The molecule has 6 rings (SSSR count). The summed E-state index contributed by atoms with van der Waals surface area (Å²) in [7, 11) is 0. The van der Waals surface area contributed by atoms with E-state index < -0.39 is 0 Å². The molecule has 0 fully saturated rings. The van der Waals surface area contributed by atoms with Crippen molar-refractivity contribution in [3.63, 3.8) is 0 Å². The number of H-pyrrole nitrogens is 1. The highest BCUT2D eigenvalue weighted by atomic mass is 16.3. The van der Waals surface area contributed by atoms with Crippen LogP contribution in [0.1, 0.15) is 11.1 Å². The number of hydrogen-bond acceptors (Lipinski definition) is 3. The minimum absolute atomic E-state index is 0.205. The van der Waals surface area contributed by atoms with Crippen LogP contribution in [-0.2, 0) is 0 Å². The zero-order valence-electron chi connectivity index (χ0n) is 19.8. The lowest BCUT2D eigenvalue weighted by molar-refractivity contribution is 0.475. The highest BCUT2D eigenvalue weighted by molar-refractivity contribution is 6.38. The van der Waals surface area contributed by atoms with Crippen molar-refractivity contribution in [2.75, 3.05) is 0 Å². The second kappa shape index (κ2) is 9.47. The number of aliphatic imine (C=N–C) groups is 2. The van der Waals surface area contributed by atoms with Gasteiger partial charge in [0.25, 0.3) is 0 Å². The standard InChI is InChI=1S/C32H23N3O2/c36-25-15-11-21(12-16-25)27-19-29(23-7-3-1-4-8-23)33-31(27)35-32-28(22-13-17-26(37)18-14-22)20-30(34-32)24-9-5-2-6-10-24/h1-20,33,36-37H/b35-32+. The molecule has 37 heavy (non-hydrogen) atoms. The Kier molecular flexibility index (Phi) is 5.71. The third-order valence-electron chi connectivity index (χ3n) is 6.27. The van der Waals surface area contributed by atoms with Crippen LogP contribution in [0.3, 0.4) is 0 Å². The summed E-state index contributed by atoms with van der Waals surface area (Å²) >= 11 is 0. The summed E-state index contributed by atoms with van der Waals surface area (Å²) in [6.45, 7) is 0. The first-order valence-corrected chi connectivity index (χ1v) is 12.0. The lowest BCUT2D eigenvalue weighted by Gasteiger charge is -2.05. The van der Waals surface area contributed by atoms with Gasteiger partial charge in [0.1, 0.15) is 17.3 Å². The van der Waals surface area contributed by atoms with Gasteiger partial charge in [0.15, 0.2) is 5.84 Å². The maximum absolute atomic E-state index is 9.83. The van der Waals surface area contributed by atoms with Crippen LogP contribution < -0.4 is 0 Å². The maximum atomic E-state index is 9.83. The molecule has 5 heteroatoms. The summed E-state index contributed by atoms with van der Waals surface area (Å²) in [6.07, 6.45) is 2.03. The molecule has 1 aliphatic heterocycles. The molecule has 5 nitrogen and oxygen atoms in total. The van der Waals surface area contributed by atoms with Crippen LogP contribution in [0.4, 0.5) is 5.82 Å². The number of allylic oxidation sites excluding steroid dienone is 1. The molecule has 0 aliphatic carbocycles. The third-order valence-corrected chi connectivity index (χ3v) is 6.27. The normalized spacial score (nSPS) is 14.0. The molecule has 0 radical (unpaired) electrons. The highest BCUT2D eigenvalue weighted by Crippen LogP contribution is 2.37. The van der Waals surface area contributed by atoms with E-state index in [0.717, 1.165) is 44.8 Å². The Morgan fingerprint density at radius 2 is 1.16 bits per heavy atom. The predicted molar refractivity (Wildman–Crippen MR) is 149 cm³/mol. The molecule has 0 bridgehead atoms. The number of rotatable bonds is 5. The van der Waals surface area contributed by atoms with Crippen molar-refractivity contribution in [2.45, 2.75) is 0 Å². The van der Waals surface area contributed by atoms with Gasteiger partial charge in [-0.05, 0) is 53.1 Å². The van der Waals surface area contributed by atoms with E-state index in [1.165, 1.54) is 0 Å². The lowest BCUT2D eigenvalue weighted by atomic mass is 10.0. The molecule has 4 aromatic carbocycles. The van der Waals surface area contributed by atoms with Crippen molar-refractivity contribution in [1.82, 2.24) is 4.98 Å². The fourth-order valence-electron chi connectivity index (χ4n) is 4.38. The molecule has 1 aromatic heterocycles. The fraction of sp³-hybridized carbons (Fsp3) is 0. The van der Waals surface area contributed by atoms with Crippen molar-refractivity contribution in [3.8, 4) is 33.9 Å². The molecule has 0 unspecified atom stereocenters. The largest absolute Gasteiger partial charge is 0.508 e. The van der Waals surface area contributed by atoms with Crippen LogP contribution in [-0.4, -0.2) is 26.7 Å². The predicted octanol–water partition coefficient (Wildman–Crippen LogP) is 7.38. The van der Waals surface area contributed by atoms with Crippen molar-refractivity contribution >= 4 is 22.9 Å². The van der Waals surface area contributed by atoms with Crippen LogP contribution in [0.15, 0.2) is 131 Å². The number of aromatic nitrogens is 1. The number of aromatic amines is 1. The van der Waals surface area contributed by atoms with Gasteiger partial charge in [-0.15, -0.1) is 0 Å². The number of hydrogen-bond donors (Lipinski definition) is 3. The van der Waals surface area contributed by atoms with Gasteiger partial charge < -0.3 is 15.2 Å². The molecular formula is C32H23N3O2. The molecule has 0 saturated carbocycles. The number of phenolic OH excluding ortho intramolecular Hbond substituents is 2. The zero-order valence-corrected chi connectivity index (χ0v) is 19.8. The van der Waals surface area contributed by atoms with Crippen LogP contribution in [0, 0.1) is 0 Å². The average molecular weight is 482 g/mol. The Morgan fingerprint density at radius 3 is 1.78 bits per heavy atom. The molecule has 0 spiro atoms. The fourth-order valence-corrected chi connectivity index (χ4v) is 4.38. The van der Waals surface area contributed by atoms with E-state index in [1.807, 2.05) is 91.0 Å². The van der Waals surface area contributed by atoms with Crippen molar-refractivity contribution < 1.29 is 10.2 Å². The minimum Gasteiger partial charge on any atom is -0.508 e. The summed E-state index contributed by atoms with van der Waals surface area (Å²) in [4.78, 5) is 13.4. The van der Waals surface area contributed by atoms with Crippen LogP contribution >= 0.6 is 0 Å². The van der Waals surface area contributed by atoms with Crippen molar-refractivity contribution in [3.05, 3.63) is 132 Å². The Balaban J connectivity index is 1.52. The lowest BCUT2D eigenvalue weighted by Crippen LogP contribution is -1.95. The summed E-state index contributed by atoms with van der Waals surface area (Å²) in [6, 6.07) is 36.3. The Hall–Kier alpha value is -5.16. The van der Waals surface area contributed by atoms with Gasteiger partial charge >= 0.3 is 0 Å². The number of amidine groups is 1. The summed E-state index contributed by atoms with van der Waals surface area (Å²) < 4.78 is 0. The topological polar surface area (TPSA) is 81.0 Å². The van der Waals surface area contributed by atoms with Crippen LogP contribution in [0.25, 0.3) is 28.0 Å². The Morgan fingerprint density at radius 1 is 0.595 bits per heavy atom.